The fourth-order valence-corrected chi connectivity index (χ4v) is 2.00. The number of nitrogens with zero attached hydrogens (tertiary/aromatic N) is 1. The highest BCUT2D eigenvalue weighted by atomic mass is 16.2. The van der Waals surface area contributed by atoms with Crippen molar-refractivity contribution in [2.75, 3.05) is 13.1 Å². The molecule has 0 saturated carbocycles. The normalized spacial score (nSPS) is 19.6. The summed E-state index contributed by atoms with van der Waals surface area (Å²) in [6, 6.07) is 8.56. The van der Waals surface area contributed by atoms with Crippen LogP contribution in [0.1, 0.15) is 24.1 Å². The SMILES string of the molecule is CC(NC(=O)C1CNC(=O)CN1)c1ccc(C#N)cc1. The summed E-state index contributed by atoms with van der Waals surface area (Å²) in [6.07, 6.45) is 0. The van der Waals surface area contributed by atoms with Gasteiger partial charge in [0.1, 0.15) is 6.04 Å². The lowest BCUT2D eigenvalue weighted by Crippen LogP contribution is -2.58. The van der Waals surface area contributed by atoms with Crippen molar-refractivity contribution in [1.82, 2.24) is 16.0 Å². The number of hydrogen-bond acceptors (Lipinski definition) is 4. The summed E-state index contributed by atoms with van der Waals surface area (Å²) in [5.74, 6) is -0.254. The van der Waals surface area contributed by atoms with E-state index in [-0.39, 0.29) is 24.4 Å². The highest BCUT2D eigenvalue weighted by Gasteiger charge is 2.24. The van der Waals surface area contributed by atoms with E-state index in [1.54, 1.807) is 12.1 Å². The number of rotatable bonds is 3. The minimum absolute atomic E-state index is 0.103. The number of carbonyl (C=O) groups excluding carboxylic acids is 2. The van der Waals surface area contributed by atoms with Gasteiger partial charge in [0.2, 0.25) is 11.8 Å². The topological polar surface area (TPSA) is 94.0 Å². The van der Waals surface area contributed by atoms with Gasteiger partial charge in [-0.3, -0.25) is 14.9 Å². The smallest absolute Gasteiger partial charge is 0.239 e. The first kappa shape index (κ1) is 14.0. The largest absolute Gasteiger partial charge is 0.353 e. The quantitative estimate of drug-likeness (QED) is 0.711. The number of nitriles is 1. The Bertz CT molecular complexity index is 537. The summed E-state index contributed by atoms with van der Waals surface area (Å²) < 4.78 is 0. The summed E-state index contributed by atoms with van der Waals surface area (Å²) in [4.78, 5) is 23.0. The summed E-state index contributed by atoms with van der Waals surface area (Å²) in [5, 5.41) is 17.1. The van der Waals surface area contributed by atoms with Crippen LogP contribution in [-0.4, -0.2) is 30.9 Å². The lowest BCUT2D eigenvalue weighted by atomic mass is 10.1. The molecule has 2 rings (SSSR count). The molecular weight excluding hydrogens is 256 g/mol. The van der Waals surface area contributed by atoms with Crippen LogP contribution in [0.3, 0.4) is 0 Å². The Morgan fingerprint density at radius 2 is 2.15 bits per heavy atom. The number of benzene rings is 1. The molecule has 0 spiro atoms. The standard InChI is InChI=1S/C14H16N4O2/c1-9(11-4-2-10(6-15)3-5-11)18-14(20)12-7-17-13(19)8-16-12/h2-5,9,12,16H,7-8H2,1H3,(H,17,19)(H,18,20). The minimum Gasteiger partial charge on any atom is -0.353 e. The van der Waals surface area contributed by atoms with Crippen LogP contribution in [0.2, 0.25) is 0 Å². The van der Waals surface area contributed by atoms with Crippen molar-refractivity contribution < 1.29 is 9.59 Å². The first-order valence-corrected chi connectivity index (χ1v) is 6.40. The lowest BCUT2D eigenvalue weighted by molar-refractivity contribution is -0.127. The molecule has 1 aliphatic rings. The Morgan fingerprint density at radius 3 is 2.70 bits per heavy atom. The summed E-state index contributed by atoms with van der Waals surface area (Å²) >= 11 is 0. The maximum Gasteiger partial charge on any atom is 0.239 e. The number of nitrogens with one attached hydrogen (secondary N) is 3. The average Bonchev–Trinajstić information content (AvgIpc) is 2.48. The van der Waals surface area contributed by atoms with Gasteiger partial charge in [0, 0.05) is 6.54 Å². The van der Waals surface area contributed by atoms with Crippen molar-refractivity contribution in [3.05, 3.63) is 35.4 Å². The van der Waals surface area contributed by atoms with E-state index in [1.807, 2.05) is 19.1 Å². The molecule has 2 atom stereocenters. The molecule has 20 heavy (non-hydrogen) atoms. The molecule has 1 heterocycles. The van der Waals surface area contributed by atoms with E-state index in [0.29, 0.717) is 12.1 Å². The molecule has 3 N–H and O–H groups in total. The van der Waals surface area contributed by atoms with Gasteiger partial charge >= 0.3 is 0 Å². The van der Waals surface area contributed by atoms with E-state index in [1.165, 1.54) is 0 Å². The molecule has 1 saturated heterocycles. The summed E-state index contributed by atoms with van der Waals surface area (Å²) in [6.45, 7) is 2.33. The van der Waals surface area contributed by atoms with Gasteiger partial charge < -0.3 is 10.6 Å². The van der Waals surface area contributed by atoms with Crippen LogP contribution >= 0.6 is 0 Å². The molecule has 0 radical (unpaired) electrons. The molecule has 2 unspecified atom stereocenters. The minimum atomic E-state index is -0.409. The molecule has 1 aliphatic heterocycles. The molecule has 1 aromatic rings. The molecule has 1 aromatic carbocycles. The second-order valence-electron chi connectivity index (χ2n) is 4.70. The van der Waals surface area contributed by atoms with Gasteiger partial charge in [-0.15, -0.1) is 0 Å². The van der Waals surface area contributed by atoms with Gasteiger partial charge in [0.25, 0.3) is 0 Å². The molecule has 0 aromatic heterocycles. The van der Waals surface area contributed by atoms with Crippen LogP contribution in [0.4, 0.5) is 0 Å². The first-order valence-electron chi connectivity index (χ1n) is 6.40. The maximum atomic E-state index is 12.0. The van der Waals surface area contributed by atoms with Crippen molar-refractivity contribution in [3.63, 3.8) is 0 Å². The molecule has 6 heteroatoms. The molecule has 0 aliphatic carbocycles. The van der Waals surface area contributed by atoms with Crippen LogP contribution in [-0.2, 0) is 9.59 Å². The number of hydrogen-bond donors (Lipinski definition) is 3. The van der Waals surface area contributed by atoms with Crippen LogP contribution < -0.4 is 16.0 Å². The van der Waals surface area contributed by atoms with Crippen LogP contribution in [0.15, 0.2) is 24.3 Å². The monoisotopic (exact) mass is 272 g/mol. The Hall–Kier alpha value is -2.39. The Kier molecular flexibility index (Phi) is 4.33. The van der Waals surface area contributed by atoms with Crippen LogP contribution in [0.5, 0.6) is 0 Å². The predicted octanol–water partition coefficient (Wildman–Crippen LogP) is -0.177. The highest BCUT2D eigenvalue weighted by Crippen LogP contribution is 2.13. The van der Waals surface area contributed by atoms with Crippen molar-refractivity contribution in [3.8, 4) is 6.07 Å². The number of carbonyl (C=O) groups is 2. The van der Waals surface area contributed by atoms with E-state index >= 15 is 0 Å². The van der Waals surface area contributed by atoms with E-state index < -0.39 is 6.04 Å². The second kappa shape index (κ2) is 6.17. The van der Waals surface area contributed by atoms with E-state index in [9.17, 15) is 9.59 Å². The zero-order valence-electron chi connectivity index (χ0n) is 11.1. The third kappa shape index (κ3) is 3.33. The van der Waals surface area contributed by atoms with E-state index in [0.717, 1.165) is 5.56 Å². The van der Waals surface area contributed by atoms with Crippen molar-refractivity contribution in [2.45, 2.75) is 19.0 Å². The average molecular weight is 272 g/mol. The predicted molar refractivity (Wildman–Crippen MR) is 72.5 cm³/mol. The first-order chi connectivity index (χ1) is 9.60. The summed E-state index contributed by atoms with van der Waals surface area (Å²) in [7, 11) is 0. The maximum absolute atomic E-state index is 12.0. The van der Waals surface area contributed by atoms with Gasteiger partial charge in [0.15, 0.2) is 0 Å². The Morgan fingerprint density at radius 1 is 1.45 bits per heavy atom. The van der Waals surface area contributed by atoms with Crippen LogP contribution in [0, 0.1) is 11.3 Å². The van der Waals surface area contributed by atoms with Gasteiger partial charge in [-0.1, -0.05) is 12.1 Å². The van der Waals surface area contributed by atoms with Gasteiger partial charge in [-0.2, -0.15) is 5.26 Å². The lowest BCUT2D eigenvalue weighted by Gasteiger charge is -2.25. The third-order valence-electron chi connectivity index (χ3n) is 3.23. The molecule has 2 amide bonds. The van der Waals surface area contributed by atoms with E-state index in [2.05, 4.69) is 22.0 Å². The number of piperazine rings is 1. The molecule has 0 bridgehead atoms. The zero-order valence-corrected chi connectivity index (χ0v) is 11.1. The molecule has 1 fully saturated rings. The van der Waals surface area contributed by atoms with Crippen LogP contribution in [0.25, 0.3) is 0 Å². The third-order valence-corrected chi connectivity index (χ3v) is 3.23. The fourth-order valence-electron chi connectivity index (χ4n) is 2.00. The van der Waals surface area contributed by atoms with Crippen molar-refractivity contribution in [1.29, 1.82) is 5.26 Å². The zero-order chi connectivity index (χ0) is 14.5. The second-order valence-corrected chi connectivity index (χ2v) is 4.70. The summed E-state index contributed by atoms with van der Waals surface area (Å²) in [5.41, 5.74) is 1.51. The van der Waals surface area contributed by atoms with Crippen molar-refractivity contribution >= 4 is 11.8 Å². The Balaban J connectivity index is 1.93. The molecule has 104 valence electrons. The Labute approximate surface area is 117 Å². The van der Waals surface area contributed by atoms with Gasteiger partial charge in [0.05, 0.1) is 24.2 Å². The highest BCUT2D eigenvalue weighted by molar-refractivity contribution is 5.86. The van der Waals surface area contributed by atoms with Gasteiger partial charge in [-0.25, -0.2) is 0 Å². The molecule has 6 nitrogen and oxygen atoms in total. The van der Waals surface area contributed by atoms with Gasteiger partial charge in [-0.05, 0) is 24.6 Å². The fraction of sp³-hybridized carbons (Fsp3) is 0.357. The molecular formula is C14H16N4O2. The van der Waals surface area contributed by atoms with E-state index in [4.69, 9.17) is 5.26 Å². The number of amides is 2. The van der Waals surface area contributed by atoms with Crippen molar-refractivity contribution in [2.24, 2.45) is 0 Å².